The second-order valence-corrected chi connectivity index (χ2v) is 6.10. The lowest BCUT2D eigenvalue weighted by Gasteiger charge is -2.03. The van der Waals surface area contributed by atoms with Crippen molar-refractivity contribution in [2.75, 3.05) is 0 Å². The van der Waals surface area contributed by atoms with Crippen LogP contribution < -0.4 is 0 Å². The zero-order chi connectivity index (χ0) is 12.5. The molecule has 0 saturated carbocycles. The molecule has 1 unspecified atom stereocenters. The van der Waals surface area contributed by atoms with E-state index in [0.717, 1.165) is 16.2 Å². The number of rotatable bonds is 2. The van der Waals surface area contributed by atoms with Gasteiger partial charge in [0.1, 0.15) is 0 Å². The van der Waals surface area contributed by atoms with Crippen LogP contribution in [0.15, 0.2) is 58.3 Å². The van der Waals surface area contributed by atoms with Gasteiger partial charge in [0.05, 0.1) is 10.8 Å². The fourth-order valence-corrected chi connectivity index (χ4v) is 3.39. The zero-order valence-electron chi connectivity index (χ0n) is 10.2. The van der Waals surface area contributed by atoms with E-state index in [1.807, 2.05) is 43.3 Å². The number of fused-ring (bicyclic) bond motifs is 1. The maximum atomic E-state index is 12.5. The molecule has 0 bridgehead atoms. The highest BCUT2D eigenvalue weighted by atomic mass is 32.2. The second-order valence-electron chi connectivity index (χ2n) is 4.57. The van der Waals surface area contributed by atoms with Crippen molar-refractivity contribution in [1.82, 2.24) is 0 Å². The molecule has 0 radical (unpaired) electrons. The van der Waals surface area contributed by atoms with Gasteiger partial charge in [-0.2, -0.15) is 0 Å². The number of aryl methyl sites for hydroxylation is 1. The van der Waals surface area contributed by atoms with Crippen molar-refractivity contribution in [2.45, 2.75) is 18.2 Å². The Labute approximate surface area is 110 Å². The molecule has 3 rings (SSSR count). The van der Waals surface area contributed by atoms with Gasteiger partial charge in [-0.3, -0.25) is 0 Å². The third-order valence-electron chi connectivity index (χ3n) is 3.21. The maximum absolute atomic E-state index is 12.5. The lowest BCUT2D eigenvalue weighted by atomic mass is 10.1. The highest BCUT2D eigenvalue weighted by Crippen LogP contribution is 2.29. The van der Waals surface area contributed by atoms with Crippen molar-refractivity contribution in [1.29, 1.82) is 0 Å². The smallest absolute Gasteiger partial charge is 0.0811 e. The topological polar surface area (TPSA) is 17.1 Å². The molecule has 0 spiro atoms. The molecule has 2 aromatic rings. The maximum Gasteiger partial charge on any atom is 0.0811 e. The summed E-state index contributed by atoms with van der Waals surface area (Å²) in [4.78, 5) is 1.89. The molecule has 0 heterocycles. The van der Waals surface area contributed by atoms with Gasteiger partial charge in [-0.15, -0.1) is 0 Å². The van der Waals surface area contributed by atoms with E-state index in [4.69, 9.17) is 0 Å². The van der Waals surface area contributed by atoms with Gasteiger partial charge in [-0.05, 0) is 36.3 Å². The molecule has 0 N–H and O–H groups in total. The van der Waals surface area contributed by atoms with Crippen molar-refractivity contribution in [3.63, 3.8) is 0 Å². The summed E-state index contributed by atoms with van der Waals surface area (Å²) in [7, 11) is -1.03. The third kappa shape index (κ3) is 2.04. The summed E-state index contributed by atoms with van der Waals surface area (Å²) >= 11 is 0. The highest BCUT2D eigenvalue weighted by molar-refractivity contribution is 7.89. The molecule has 1 nitrogen and oxygen atoms in total. The first-order valence-electron chi connectivity index (χ1n) is 6.01. The predicted molar refractivity (Wildman–Crippen MR) is 75.7 cm³/mol. The van der Waals surface area contributed by atoms with Crippen LogP contribution in [0.1, 0.15) is 16.7 Å². The number of hydrogen-bond donors (Lipinski definition) is 0. The molecule has 0 amide bonds. The quantitative estimate of drug-likeness (QED) is 0.798. The van der Waals surface area contributed by atoms with Crippen molar-refractivity contribution < 1.29 is 4.21 Å². The highest BCUT2D eigenvalue weighted by Gasteiger charge is 2.17. The number of hydrogen-bond acceptors (Lipinski definition) is 1. The van der Waals surface area contributed by atoms with Crippen LogP contribution in [-0.4, -0.2) is 4.21 Å². The van der Waals surface area contributed by atoms with Crippen LogP contribution >= 0.6 is 0 Å². The Hall–Kier alpha value is -1.67. The SMILES string of the molecule is Cc1ccc(S(=O)C2=Cc3ccccc3C2)cc1. The summed E-state index contributed by atoms with van der Waals surface area (Å²) in [6, 6.07) is 16.2. The van der Waals surface area contributed by atoms with Crippen molar-refractivity contribution >= 4 is 16.9 Å². The Balaban J connectivity index is 1.90. The van der Waals surface area contributed by atoms with E-state index in [9.17, 15) is 4.21 Å². The number of allylic oxidation sites excluding steroid dienone is 1. The summed E-state index contributed by atoms with van der Waals surface area (Å²) in [5.74, 6) is 0. The van der Waals surface area contributed by atoms with E-state index in [-0.39, 0.29) is 0 Å². The minimum atomic E-state index is -1.03. The molecule has 0 aromatic heterocycles. The minimum Gasteiger partial charge on any atom is -0.249 e. The van der Waals surface area contributed by atoms with Gasteiger partial charge < -0.3 is 0 Å². The predicted octanol–water partition coefficient (Wildman–Crippen LogP) is 3.70. The summed E-state index contributed by atoms with van der Waals surface area (Å²) in [6.07, 6.45) is 2.86. The summed E-state index contributed by atoms with van der Waals surface area (Å²) in [5, 5.41) is 0. The van der Waals surface area contributed by atoms with Crippen LogP contribution in [0.2, 0.25) is 0 Å². The second kappa shape index (κ2) is 4.54. The molecule has 18 heavy (non-hydrogen) atoms. The Bertz CT molecular complexity index is 638. The van der Waals surface area contributed by atoms with Crippen LogP contribution in [0.4, 0.5) is 0 Å². The number of benzene rings is 2. The molecule has 1 aliphatic rings. The van der Waals surface area contributed by atoms with Crippen LogP contribution in [0.3, 0.4) is 0 Å². The molecule has 0 aliphatic heterocycles. The van der Waals surface area contributed by atoms with E-state index in [0.29, 0.717) is 0 Å². The summed E-state index contributed by atoms with van der Waals surface area (Å²) in [6.45, 7) is 2.04. The Morgan fingerprint density at radius 3 is 2.44 bits per heavy atom. The Morgan fingerprint density at radius 1 is 1.00 bits per heavy atom. The zero-order valence-corrected chi connectivity index (χ0v) is 11.0. The van der Waals surface area contributed by atoms with Crippen molar-refractivity contribution in [3.05, 3.63) is 70.1 Å². The Morgan fingerprint density at radius 2 is 1.72 bits per heavy atom. The van der Waals surface area contributed by atoms with Gasteiger partial charge in [0.2, 0.25) is 0 Å². The van der Waals surface area contributed by atoms with Gasteiger partial charge in [0.15, 0.2) is 0 Å². The van der Waals surface area contributed by atoms with E-state index in [2.05, 4.69) is 18.2 Å². The van der Waals surface area contributed by atoms with Gasteiger partial charge in [-0.25, -0.2) is 4.21 Å². The molecular weight excluding hydrogens is 240 g/mol. The summed E-state index contributed by atoms with van der Waals surface area (Å²) < 4.78 is 12.5. The normalized spacial score (nSPS) is 15.1. The molecular formula is C16H14OS. The van der Waals surface area contributed by atoms with Gasteiger partial charge >= 0.3 is 0 Å². The largest absolute Gasteiger partial charge is 0.249 e. The average Bonchev–Trinajstić information content (AvgIpc) is 2.82. The first kappa shape index (κ1) is 11.4. The third-order valence-corrected chi connectivity index (χ3v) is 4.65. The lowest BCUT2D eigenvalue weighted by molar-refractivity contribution is 0.686. The first-order valence-corrected chi connectivity index (χ1v) is 7.16. The Kier molecular flexibility index (Phi) is 2.88. The van der Waals surface area contributed by atoms with Gasteiger partial charge in [0.25, 0.3) is 0 Å². The molecule has 2 aromatic carbocycles. The van der Waals surface area contributed by atoms with Crippen LogP contribution in [0.25, 0.3) is 6.08 Å². The molecule has 0 fully saturated rings. The molecule has 0 saturated heterocycles. The molecule has 2 heteroatoms. The lowest BCUT2D eigenvalue weighted by Crippen LogP contribution is -1.96. The molecule has 1 aliphatic carbocycles. The monoisotopic (exact) mass is 254 g/mol. The van der Waals surface area contributed by atoms with E-state index < -0.39 is 10.8 Å². The van der Waals surface area contributed by atoms with E-state index >= 15 is 0 Å². The summed E-state index contributed by atoms with van der Waals surface area (Å²) in [5.41, 5.74) is 3.67. The molecule has 90 valence electrons. The van der Waals surface area contributed by atoms with Gasteiger partial charge in [0, 0.05) is 16.2 Å². The van der Waals surface area contributed by atoms with Crippen LogP contribution in [0.5, 0.6) is 0 Å². The average molecular weight is 254 g/mol. The van der Waals surface area contributed by atoms with Crippen LogP contribution in [0, 0.1) is 6.92 Å². The fourth-order valence-electron chi connectivity index (χ4n) is 2.18. The standard InChI is InChI=1S/C16H14OS/c1-12-6-8-15(9-7-12)18(17)16-10-13-4-2-3-5-14(13)11-16/h2-10H,11H2,1H3. The van der Waals surface area contributed by atoms with Crippen molar-refractivity contribution in [2.24, 2.45) is 0 Å². The first-order chi connectivity index (χ1) is 8.74. The molecule has 1 atom stereocenters. The van der Waals surface area contributed by atoms with Crippen molar-refractivity contribution in [3.8, 4) is 0 Å². The van der Waals surface area contributed by atoms with E-state index in [1.54, 1.807) is 0 Å². The van der Waals surface area contributed by atoms with Gasteiger partial charge in [-0.1, -0.05) is 42.0 Å². The minimum absolute atomic E-state index is 0.802. The fraction of sp³-hybridized carbons (Fsp3) is 0.125. The van der Waals surface area contributed by atoms with Crippen LogP contribution in [-0.2, 0) is 17.2 Å². The van der Waals surface area contributed by atoms with E-state index in [1.165, 1.54) is 16.7 Å².